The molecule has 0 spiro atoms. The molecule has 0 aliphatic heterocycles. The smallest absolute Gasteiger partial charge is 0.255 e. The average Bonchev–Trinajstić information content (AvgIpc) is 2.73. The maximum Gasteiger partial charge on any atom is 0.255 e. The molecular weight excluding hydrogens is 256 g/mol. The fourth-order valence-corrected chi connectivity index (χ4v) is 1.33. The third-order valence-corrected chi connectivity index (χ3v) is 2.58. The molecule has 76 valence electrons. The van der Waals surface area contributed by atoms with E-state index in [1.165, 1.54) is 6.20 Å². The predicted octanol–water partition coefficient (Wildman–Crippen LogP) is 2.88. The summed E-state index contributed by atoms with van der Waals surface area (Å²) in [6, 6.07) is 3.40. The summed E-state index contributed by atoms with van der Waals surface area (Å²) in [5, 5.41) is 0. The molecular formula is C9H8BrF2NO. The van der Waals surface area contributed by atoms with E-state index >= 15 is 0 Å². The zero-order valence-electron chi connectivity index (χ0n) is 7.21. The van der Waals surface area contributed by atoms with Crippen LogP contribution in [0.3, 0.4) is 0 Å². The number of rotatable bonds is 3. The molecule has 1 atom stereocenters. The molecule has 14 heavy (non-hydrogen) atoms. The van der Waals surface area contributed by atoms with Crippen molar-refractivity contribution in [3.63, 3.8) is 0 Å². The summed E-state index contributed by atoms with van der Waals surface area (Å²) in [4.78, 5) is 3.92. The molecule has 2 rings (SSSR count). The first-order valence-corrected chi connectivity index (χ1v) is 4.99. The van der Waals surface area contributed by atoms with Gasteiger partial charge in [-0.3, -0.25) is 0 Å². The lowest BCUT2D eigenvalue weighted by molar-refractivity contribution is 0.0855. The molecule has 2 nitrogen and oxygen atoms in total. The van der Waals surface area contributed by atoms with Crippen LogP contribution in [0.2, 0.25) is 0 Å². The molecule has 5 heteroatoms. The Bertz CT molecular complexity index is 328. The molecule has 1 aromatic heterocycles. The van der Waals surface area contributed by atoms with E-state index in [-0.39, 0.29) is 13.0 Å². The van der Waals surface area contributed by atoms with E-state index in [4.69, 9.17) is 4.74 Å². The first-order valence-electron chi connectivity index (χ1n) is 4.20. The SMILES string of the molecule is FC1(F)C[C@H]1COc1ccc(Br)nc1. The lowest BCUT2D eigenvalue weighted by Crippen LogP contribution is -2.05. The Kier molecular flexibility index (Phi) is 2.43. The molecule has 1 aliphatic carbocycles. The minimum Gasteiger partial charge on any atom is -0.491 e. The third-order valence-electron chi connectivity index (χ3n) is 2.11. The van der Waals surface area contributed by atoms with Crippen LogP contribution < -0.4 is 4.74 Å². The first-order chi connectivity index (χ1) is 6.58. The quantitative estimate of drug-likeness (QED) is 0.783. The Morgan fingerprint density at radius 3 is 2.79 bits per heavy atom. The molecule has 0 bridgehead atoms. The van der Waals surface area contributed by atoms with Gasteiger partial charge in [0.25, 0.3) is 5.92 Å². The summed E-state index contributed by atoms with van der Waals surface area (Å²) >= 11 is 3.17. The van der Waals surface area contributed by atoms with Gasteiger partial charge in [0.2, 0.25) is 0 Å². The summed E-state index contributed by atoms with van der Waals surface area (Å²) in [7, 11) is 0. The first kappa shape index (κ1) is 9.83. The van der Waals surface area contributed by atoms with Gasteiger partial charge < -0.3 is 4.74 Å². The van der Waals surface area contributed by atoms with Crippen molar-refractivity contribution in [1.82, 2.24) is 4.98 Å². The second kappa shape index (κ2) is 3.46. The molecule has 0 saturated heterocycles. The number of nitrogens with zero attached hydrogens (tertiary/aromatic N) is 1. The van der Waals surface area contributed by atoms with Gasteiger partial charge in [-0.1, -0.05) is 0 Å². The van der Waals surface area contributed by atoms with Crippen molar-refractivity contribution in [2.75, 3.05) is 6.61 Å². The van der Waals surface area contributed by atoms with Gasteiger partial charge in [-0.05, 0) is 28.1 Å². The molecule has 1 saturated carbocycles. The van der Waals surface area contributed by atoms with Gasteiger partial charge in [-0.2, -0.15) is 0 Å². The van der Waals surface area contributed by atoms with Crippen LogP contribution in [0.25, 0.3) is 0 Å². The lowest BCUT2D eigenvalue weighted by Gasteiger charge is -2.04. The van der Waals surface area contributed by atoms with Crippen molar-refractivity contribution < 1.29 is 13.5 Å². The van der Waals surface area contributed by atoms with E-state index in [2.05, 4.69) is 20.9 Å². The lowest BCUT2D eigenvalue weighted by atomic mass is 10.4. The Balaban J connectivity index is 1.84. The van der Waals surface area contributed by atoms with E-state index in [9.17, 15) is 8.78 Å². The van der Waals surface area contributed by atoms with Crippen LogP contribution in [0.4, 0.5) is 8.78 Å². The van der Waals surface area contributed by atoms with Crippen LogP contribution in [-0.2, 0) is 0 Å². The Morgan fingerprint density at radius 2 is 2.29 bits per heavy atom. The van der Waals surface area contributed by atoms with Gasteiger partial charge in [0, 0.05) is 6.42 Å². The van der Waals surface area contributed by atoms with Crippen molar-refractivity contribution in [3.05, 3.63) is 22.9 Å². The van der Waals surface area contributed by atoms with Crippen molar-refractivity contribution >= 4 is 15.9 Å². The number of alkyl halides is 2. The maximum atomic E-state index is 12.5. The minimum absolute atomic E-state index is 0.0586. The normalized spacial score (nSPS) is 23.2. The zero-order valence-corrected chi connectivity index (χ0v) is 8.80. The predicted molar refractivity (Wildman–Crippen MR) is 50.5 cm³/mol. The number of hydrogen-bond acceptors (Lipinski definition) is 2. The van der Waals surface area contributed by atoms with Crippen LogP contribution in [0.1, 0.15) is 6.42 Å². The summed E-state index contributed by atoms with van der Waals surface area (Å²) < 4.78 is 30.8. The maximum absolute atomic E-state index is 12.5. The fourth-order valence-electron chi connectivity index (χ4n) is 1.09. The molecule has 0 unspecified atom stereocenters. The van der Waals surface area contributed by atoms with E-state index in [1.54, 1.807) is 12.1 Å². The summed E-state index contributed by atoms with van der Waals surface area (Å²) in [6.07, 6.45) is 1.45. The zero-order chi connectivity index (χ0) is 10.2. The molecule has 0 N–H and O–H groups in total. The van der Waals surface area contributed by atoms with E-state index < -0.39 is 11.8 Å². The largest absolute Gasteiger partial charge is 0.491 e. The second-order valence-electron chi connectivity index (χ2n) is 3.29. The third kappa shape index (κ3) is 2.20. The highest BCUT2D eigenvalue weighted by Gasteiger charge is 2.57. The number of ether oxygens (including phenoxy) is 1. The van der Waals surface area contributed by atoms with Crippen molar-refractivity contribution in [2.24, 2.45) is 5.92 Å². The number of halogens is 3. The van der Waals surface area contributed by atoms with E-state index in [0.29, 0.717) is 10.4 Å². The number of pyridine rings is 1. The Morgan fingerprint density at radius 1 is 1.57 bits per heavy atom. The molecule has 1 heterocycles. The monoisotopic (exact) mass is 263 g/mol. The van der Waals surface area contributed by atoms with Crippen molar-refractivity contribution in [3.8, 4) is 5.75 Å². The van der Waals surface area contributed by atoms with Gasteiger partial charge in [-0.15, -0.1) is 0 Å². The van der Waals surface area contributed by atoms with Gasteiger partial charge in [0.15, 0.2) is 0 Å². The highest BCUT2D eigenvalue weighted by Crippen LogP contribution is 2.48. The standard InChI is InChI=1S/C9H8BrF2NO/c10-8-2-1-7(4-13-8)14-5-6-3-9(6,11)12/h1-2,4,6H,3,5H2/t6-/m0/s1. The van der Waals surface area contributed by atoms with E-state index in [0.717, 1.165) is 0 Å². The van der Waals surface area contributed by atoms with Crippen LogP contribution in [0.15, 0.2) is 22.9 Å². The average molecular weight is 264 g/mol. The molecule has 0 aromatic carbocycles. The summed E-state index contributed by atoms with van der Waals surface area (Å²) in [5.41, 5.74) is 0. The number of hydrogen-bond donors (Lipinski definition) is 0. The van der Waals surface area contributed by atoms with Gasteiger partial charge >= 0.3 is 0 Å². The van der Waals surface area contributed by atoms with Crippen molar-refractivity contribution in [1.29, 1.82) is 0 Å². The Labute approximate surface area is 88.4 Å². The van der Waals surface area contributed by atoms with Gasteiger partial charge in [-0.25, -0.2) is 13.8 Å². The van der Waals surface area contributed by atoms with Gasteiger partial charge in [0.05, 0.1) is 18.7 Å². The molecule has 0 amide bonds. The summed E-state index contributed by atoms with van der Waals surface area (Å²) in [6.45, 7) is 0.0658. The number of aromatic nitrogens is 1. The Hall–Kier alpha value is -0.710. The molecule has 1 fully saturated rings. The second-order valence-corrected chi connectivity index (χ2v) is 4.10. The molecule has 0 radical (unpaired) electrons. The molecule has 1 aromatic rings. The van der Waals surface area contributed by atoms with Crippen molar-refractivity contribution in [2.45, 2.75) is 12.3 Å². The van der Waals surface area contributed by atoms with E-state index in [1.807, 2.05) is 0 Å². The highest BCUT2D eigenvalue weighted by molar-refractivity contribution is 9.10. The van der Waals surface area contributed by atoms with Gasteiger partial charge in [0.1, 0.15) is 10.4 Å². The van der Waals surface area contributed by atoms with Crippen LogP contribution in [0, 0.1) is 5.92 Å². The fraction of sp³-hybridized carbons (Fsp3) is 0.444. The highest BCUT2D eigenvalue weighted by atomic mass is 79.9. The van der Waals surface area contributed by atoms with Crippen LogP contribution in [0.5, 0.6) is 5.75 Å². The van der Waals surface area contributed by atoms with Crippen LogP contribution in [-0.4, -0.2) is 17.5 Å². The minimum atomic E-state index is -2.51. The topological polar surface area (TPSA) is 22.1 Å². The van der Waals surface area contributed by atoms with Crippen LogP contribution >= 0.6 is 15.9 Å². The summed E-state index contributed by atoms with van der Waals surface area (Å²) in [5.74, 6) is -2.61. The molecule has 1 aliphatic rings.